The molecule has 1 fully saturated rings. The Labute approximate surface area is 68.6 Å². The minimum Gasteiger partial charge on any atom is -0.393 e. The molecule has 0 aromatic heterocycles. The Bertz CT molecular complexity index is 121. The molecule has 2 nitrogen and oxygen atoms in total. The van der Waals surface area contributed by atoms with Gasteiger partial charge in [-0.3, -0.25) is 0 Å². The van der Waals surface area contributed by atoms with E-state index in [4.69, 9.17) is 4.74 Å². The molecule has 0 aromatic rings. The zero-order valence-electron chi connectivity index (χ0n) is 7.58. The molecule has 1 rings (SSSR count). The van der Waals surface area contributed by atoms with Crippen molar-refractivity contribution in [2.45, 2.75) is 51.9 Å². The molecule has 1 saturated heterocycles. The summed E-state index contributed by atoms with van der Waals surface area (Å²) in [5, 5.41) is 9.57. The Morgan fingerprint density at radius 3 is 2.55 bits per heavy atom. The van der Waals surface area contributed by atoms with Gasteiger partial charge in [0.25, 0.3) is 0 Å². The van der Waals surface area contributed by atoms with Crippen molar-refractivity contribution in [2.75, 3.05) is 0 Å². The van der Waals surface area contributed by atoms with Gasteiger partial charge in [0.05, 0.1) is 18.3 Å². The minimum absolute atomic E-state index is 0.171. The van der Waals surface area contributed by atoms with Gasteiger partial charge in [0, 0.05) is 5.92 Å². The first-order chi connectivity index (χ1) is 5.15. The molecule has 2 heteroatoms. The first kappa shape index (κ1) is 9.01. The normalized spacial score (nSPS) is 40.9. The van der Waals surface area contributed by atoms with Gasteiger partial charge in [-0.15, -0.1) is 0 Å². The lowest BCUT2D eigenvalue weighted by Crippen LogP contribution is -2.25. The van der Waals surface area contributed by atoms with E-state index >= 15 is 0 Å². The van der Waals surface area contributed by atoms with Crippen LogP contribution in [0.2, 0.25) is 0 Å². The Morgan fingerprint density at radius 2 is 2.18 bits per heavy atom. The molecule has 4 atom stereocenters. The average Bonchev–Trinajstić information content (AvgIpc) is 2.28. The van der Waals surface area contributed by atoms with Crippen molar-refractivity contribution < 1.29 is 9.84 Å². The second kappa shape index (κ2) is 3.55. The van der Waals surface area contributed by atoms with Crippen LogP contribution in [0.15, 0.2) is 0 Å². The predicted molar refractivity (Wildman–Crippen MR) is 44.4 cm³/mol. The fourth-order valence-electron chi connectivity index (χ4n) is 1.87. The second-order valence-corrected chi connectivity index (χ2v) is 3.53. The maximum atomic E-state index is 9.57. The van der Waals surface area contributed by atoms with Crippen LogP contribution in [0.1, 0.15) is 33.6 Å². The highest BCUT2D eigenvalue weighted by Crippen LogP contribution is 2.29. The van der Waals surface area contributed by atoms with Gasteiger partial charge >= 0.3 is 0 Å². The average molecular weight is 158 g/mol. The fourth-order valence-corrected chi connectivity index (χ4v) is 1.87. The third-order valence-electron chi connectivity index (χ3n) is 2.57. The van der Waals surface area contributed by atoms with E-state index in [0.717, 1.165) is 12.8 Å². The summed E-state index contributed by atoms with van der Waals surface area (Å²) in [4.78, 5) is 0. The van der Waals surface area contributed by atoms with E-state index in [1.807, 2.05) is 13.8 Å². The summed E-state index contributed by atoms with van der Waals surface area (Å²) in [5.74, 6) is 0.356. The van der Waals surface area contributed by atoms with Crippen molar-refractivity contribution >= 4 is 0 Å². The Morgan fingerprint density at radius 1 is 1.55 bits per heavy atom. The third kappa shape index (κ3) is 1.94. The number of rotatable bonds is 2. The van der Waals surface area contributed by atoms with Gasteiger partial charge in [-0.05, 0) is 26.7 Å². The molecule has 1 heterocycles. The van der Waals surface area contributed by atoms with Gasteiger partial charge in [-0.1, -0.05) is 6.92 Å². The number of ether oxygens (including phenoxy) is 1. The van der Waals surface area contributed by atoms with Crippen molar-refractivity contribution in [1.82, 2.24) is 0 Å². The zero-order valence-corrected chi connectivity index (χ0v) is 7.58. The van der Waals surface area contributed by atoms with Crippen LogP contribution in [0.25, 0.3) is 0 Å². The molecule has 0 radical (unpaired) electrons. The van der Waals surface area contributed by atoms with E-state index in [-0.39, 0.29) is 12.2 Å². The topological polar surface area (TPSA) is 29.5 Å². The molecule has 1 N–H and O–H groups in total. The van der Waals surface area contributed by atoms with E-state index in [2.05, 4.69) is 6.92 Å². The second-order valence-electron chi connectivity index (χ2n) is 3.53. The predicted octanol–water partition coefficient (Wildman–Crippen LogP) is 1.57. The molecular formula is C9H18O2. The fraction of sp³-hybridized carbons (Fsp3) is 1.00. The summed E-state index contributed by atoms with van der Waals surface area (Å²) in [6, 6.07) is 0. The van der Waals surface area contributed by atoms with Crippen molar-refractivity contribution in [3.8, 4) is 0 Å². The third-order valence-corrected chi connectivity index (χ3v) is 2.57. The molecule has 66 valence electrons. The summed E-state index contributed by atoms with van der Waals surface area (Å²) < 4.78 is 5.54. The van der Waals surface area contributed by atoms with Gasteiger partial charge < -0.3 is 9.84 Å². The van der Waals surface area contributed by atoms with Gasteiger partial charge in [-0.2, -0.15) is 0 Å². The summed E-state index contributed by atoms with van der Waals surface area (Å²) in [5.41, 5.74) is 0. The van der Waals surface area contributed by atoms with Crippen LogP contribution in [-0.2, 0) is 4.74 Å². The van der Waals surface area contributed by atoms with E-state index in [0.29, 0.717) is 12.0 Å². The molecule has 1 aliphatic heterocycles. The van der Waals surface area contributed by atoms with Crippen LogP contribution < -0.4 is 0 Å². The van der Waals surface area contributed by atoms with Gasteiger partial charge in [0.1, 0.15) is 0 Å². The highest BCUT2D eigenvalue weighted by atomic mass is 16.5. The van der Waals surface area contributed by atoms with E-state index in [9.17, 15) is 5.11 Å². The molecule has 1 aliphatic rings. The van der Waals surface area contributed by atoms with Crippen molar-refractivity contribution in [1.29, 1.82) is 0 Å². The minimum atomic E-state index is -0.171. The maximum absolute atomic E-state index is 9.57. The van der Waals surface area contributed by atoms with Crippen LogP contribution in [0, 0.1) is 5.92 Å². The maximum Gasteiger partial charge on any atom is 0.0604 e. The Balaban J connectivity index is 2.45. The summed E-state index contributed by atoms with van der Waals surface area (Å²) in [7, 11) is 0. The van der Waals surface area contributed by atoms with Gasteiger partial charge in [0.2, 0.25) is 0 Å². The molecule has 0 amide bonds. The number of aliphatic hydroxyl groups is 1. The van der Waals surface area contributed by atoms with Gasteiger partial charge in [-0.25, -0.2) is 0 Å². The largest absolute Gasteiger partial charge is 0.393 e. The summed E-state index contributed by atoms with van der Waals surface area (Å²) in [6.07, 6.45) is 2.24. The summed E-state index contributed by atoms with van der Waals surface area (Å²) in [6.45, 7) is 6.13. The summed E-state index contributed by atoms with van der Waals surface area (Å²) >= 11 is 0. The lowest BCUT2D eigenvalue weighted by molar-refractivity contribution is 0.0228. The quantitative estimate of drug-likeness (QED) is 0.661. The first-order valence-electron chi connectivity index (χ1n) is 4.48. The van der Waals surface area contributed by atoms with Crippen molar-refractivity contribution in [3.63, 3.8) is 0 Å². The molecular weight excluding hydrogens is 140 g/mol. The molecule has 4 unspecified atom stereocenters. The van der Waals surface area contributed by atoms with Crippen LogP contribution >= 0.6 is 0 Å². The van der Waals surface area contributed by atoms with Crippen LogP contribution in [0.3, 0.4) is 0 Å². The van der Waals surface area contributed by atoms with E-state index in [1.165, 1.54) is 0 Å². The number of aliphatic hydroxyl groups excluding tert-OH is 1. The lowest BCUT2D eigenvalue weighted by Gasteiger charge is -2.18. The molecule has 0 bridgehead atoms. The van der Waals surface area contributed by atoms with E-state index < -0.39 is 0 Å². The number of hydrogen-bond acceptors (Lipinski definition) is 2. The number of hydrogen-bond donors (Lipinski definition) is 1. The van der Waals surface area contributed by atoms with Gasteiger partial charge in [0.15, 0.2) is 0 Å². The SMILES string of the molecule is CCC(O)C1CC(C)OC1C. The van der Waals surface area contributed by atoms with Crippen molar-refractivity contribution in [2.24, 2.45) is 5.92 Å². The lowest BCUT2D eigenvalue weighted by atomic mass is 9.93. The van der Waals surface area contributed by atoms with Crippen LogP contribution in [0.5, 0.6) is 0 Å². The molecule has 11 heavy (non-hydrogen) atoms. The molecule has 0 aromatic carbocycles. The molecule has 0 spiro atoms. The standard InChI is InChI=1S/C9H18O2/c1-4-9(10)8-5-6(2)11-7(8)3/h6-10H,4-5H2,1-3H3. The Hall–Kier alpha value is -0.0800. The molecule has 0 saturated carbocycles. The highest BCUT2D eigenvalue weighted by molar-refractivity contribution is 4.82. The highest BCUT2D eigenvalue weighted by Gasteiger charge is 2.33. The monoisotopic (exact) mass is 158 g/mol. The smallest absolute Gasteiger partial charge is 0.0604 e. The molecule has 0 aliphatic carbocycles. The van der Waals surface area contributed by atoms with Crippen molar-refractivity contribution in [3.05, 3.63) is 0 Å². The van der Waals surface area contributed by atoms with Crippen LogP contribution in [0.4, 0.5) is 0 Å². The Kier molecular flexibility index (Phi) is 2.90. The van der Waals surface area contributed by atoms with E-state index in [1.54, 1.807) is 0 Å². The van der Waals surface area contributed by atoms with Crippen LogP contribution in [-0.4, -0.2) is 23.4 Å². The first-order valence-corrected chi connectivity index (χ1v) is 4.48. The zero-order chi connectivity index (χ0) is 8.43.